The molecular formula is C17H26N2. The van der Waals surface area contributed by atoms with E-state index < -0.39 is 0 Å². The van der Waals surface area contributed by atoms with Crippen molar-refractivity contribution in [3.05, 3.63) is 47.5 Å². The highest BCUT2D eigenvalue weighted by atomic mass is 15.2. The summed E-state index contributed by atoms with van der Waals surface area (Å²) in [6.07, 6.45) is 2.33. The predicted molar refractivity (Wildman–Crippen MR) is 82.3 cm³/mol. The highest BCUT2D eigenvalue weighted by Crippen LogP contribution is 2.26. The van der Waals surface area contributed by atoms with Gasteiger partial charge in [-0.25, -0.2) is 0 Å². The summed E-state index contributed by atoms with van der Waals surface area (Å²) < 4.78 is 0. The molecule has 0 amide bonds. The molecule has 2 unspecified atom stereocenters. The van der Waals surface area contributed by atoms with Gasteiger partial charge in [-0.2, -0.15) is 0 Å². The number of benzene rings is 1. The molecule has 1 aliphatic rings. The standard InChI is InChI=1S/C17H26N2/c1-14(2)10-11-19-13-17(4,18-12-15(19)3)16-8-6-5-7-9-16/h5-10,15,18H,11-13H2,1-4H3. The third kappa shape index (κ3) is 3.46. The summed E-state index contributed by atoms with van der Waals surface area (Å²) in [5.74, 6) is 0. The second-order valence-corrected chi connectivity index (χ2v) is 6.14. The van der Waals surface area contributed by atoms with Gasteiger partial charge in [-0.15, -0.1) is 0 Å². The molecule has 104 valence electrons. The van der Waals surface area contributed by atoms with Crippen molar-refractivity contribution in [2.24, 2.45) is 0 Å². The number of nitrogens with zero attached hydrogens (tertiary/aromatic N) is 1. The maximum atomic E-state index is 3.72. The molecule has 0 radical (unpaired) electrons. The van der Waals surface area contributed by atoms with Crippen molar-refractivity contribution in [1.82, 2.24) is 10.2 Å². The minimum Gasteiger partial charge on any atom is -0.305 e. The topological polar surface area (TPSA) is 15.3 Å². The van der Waals surface area contributed by atoms with Gasteiger partial charge >= 0.3 is 0 Å². The lowest BCUT2D eigenvalue weighted by Crippen LogP contribution is -2.60. The molecule has 1 aliphatic heterocycles. The van der Waals surface area contributed by atoms with Crippen LogP contribution in [0.1, 0.15) is 33.3 Å². The molecule has 1 fully saturated rings. The molecule has 2 heteroatoms. The summed E-state index contributed by atoms with van der Waals surface area (Å²) >= 11 is 0. The van der Waals surface area contributed by atoms with Gasteiger partial charge in [0.1, 0.15) is 0 Å². The van der Waals surface area contributed by atoms with E-state index in [1.807, 2.05) is 0 Å². The first-order valence-electron chi connectivity index (χ1n) is 7.19. The molecule has 1 N–H and O–H groups in total. The minimum absolute atomic E-state index is 0.0588. The average Bonchev–Trinajstić information content (AvgIpc) is 2.41. The SMILES string of the molecule is CC(C)=CCN1CC(C)(c2ccccc2)NCC1C. The molecule has 2 rings (SSSR count). The second-order valence-electron chi connectivity index (χ2n) is 6.14. The highest BCUT2D eigenvalue weighted by molar-refractivity contribution is 5.25. The zero-order valence-corrected chi connectivity index (χ0v) is 12.6. The first-order valence-corrected chi connectivity index (χ1v) is 7.19. The molecule has 0 bridgehead atoms. The monoisotopic (exact) mass is 258 g/mol. The van der Waals surface area contributed by atoms with Crippen LogP contribution in [0.15, 0.2) is 42.0 Å². The largest absolute Gasteiger partial charge is 0.305 e. The summed E-state index contributed by atoms with van der Waals surface area (Å²) in [5, 5.41) is 3.72. The van der Waals surface area contributed by atoms with Crippen LogP contribution in [0.3, 0.4) is 0 Å². The Bertz CT molecular complexity index is 434. The highest BCUT2D eigenvalue weighted by Gasteiger charge is 2.34. The minimum atomic E-state index is 0.0588. The van der Waals surface area contributed by atoms with Gasteiger partial charge in [0.05, 0.1) is 5.54 Å². The van der Waals surface area contributed by atoms with Crippen LogP contribution >= 0.6 is 0 Å². The quantitative estimate of drug-likeness (QED) is 0.838. The molecule has 0 aliphatic carbocycles. The van der Waals surface area contributed by atoms with Crippen molar-refractivity contribution in [2.75, 3.05) is 19.6 Å². The fourth-order valence-corrected chi connectivity index (χ4v) is 2.66. The number of hydrogen-bond acceptors (Lipinski definition) is 2. The average molecular weight is 258 g/mol. The summed E-state index contributed by atoms with van der Waals surface area (Å²) in [4.78, 5) is 2.57. The van der Waals surface area contributed by atoms with Gasteiger partial charge in [-0.3, -0.25) is 4.90 Å². The molecule has 0 saturated carbocycles. The normalized spacial score (nSPS) is 28.1. The summed E-state index contributed by atoms with van der Waals surface area (Å²) in [6.45, 7) is 12.1. The van der Waals surface area contributed by atoms with Crippen molar-refractivity contribution >= 4 is 0 Å². The van der Waals surface area contributed by atoms with Crippen molar-refractivity contribution in [2.45, 2.75) is 39.3 Å². The van der Waals surface area contributed by atoms with Gasteiger partial charge in [0.2, 0.25) is 0 Å². The zero-order valence-electron chi connectivity index (χ0n) is 12.6. The lowest BCUT2D eigenvalue weighted by Gasteiger charge is -2.45. The van der Waals surface area contributed by atoms with Crippen LogP contribution in [-0.4, -0.2) is 30.6 Å². The Morgan fingerprint density at radius 3 is 2.68 bits per heavy atom. The van der Waals surface area contributed by atoms with E-state index in [0.29, 0.717) is 6.04 Å². The fraction of sp³-hybridized carbons (Fsp3) is 0.529. The molecule has 2 nitrogen and oxygen atoms in total. The molecule has 1 aromatic carbocycles. The van der Waals surface area contributed by atoms with Gasteiger partial charge < -0.3 is 5.32 Å². The maximum absolute atomic E-state index is 3.72. The van der Waals surface area contributed by atoms with Crippen LogP contribution < -0.4 is 5.32 Å². The Morgan fingerprint density at radius 1 is 1.37 bits per heavy atom. The first kappa shape index (κ1) is 14.3. The zero-order chi connectivity index (χ0) is 13.9. The van der Waals surface area contributed by atoms with Crippen molar-refractivity contribution in [3.8, 4) is 0 Å². The van der Waals surface area contributed by atoms with Crippen molar-refractivity contribution in [3.63, 3.8) is 0 Å². The summed E-state index contributed by atoms with van der Waals surface area (Å²) in [5.41, 5.74) is 2.83. The van der Waals surface area contributed by atoms with E-state index in [9.17, 15) is 0 Å². The molecule has 19 heavy (non-hydrogen) atoms. The first-order chi connectivity index (χ1) is 9.01. The molecule has 0 aromatic heterocycles. The van der Waals surface area contributed by atoms with Crippen LogP contribution in [-0.2, 0) is 5.54 Å². The predicted octanol–water partition coefficient (Wildman–Crippen LogP) is 3.16. The number of allylic oxidation sites excluding steroid dienone is 1. The maximum Gasteiger partial charge on any atom is 0.0535 e. The Balaban J connectivity index is 2.14. The van der Waals surface area contributed by atoms with E-state index in [4.69, 9.17) is 0 Å². The van der Waals surface area contributed by atoms with E-state index in [2.05, 4.69) is 74.3 Å². The van der Waals surface area contributed by atoms with Crippen LogP contribution in [0, 0.1) is 0 Å². The Labute approximate surface area is 117 Å². The van der Waals surface area contributed by atoms with E-state index in [1.165, 1.54) is 11.1 Å². The van der Waals surface area contributed by atoms with E-state index in [0.717, 1.165) is 19.6 Å². The molecule has 1 aromatic rings. The van der Waals surface area contributed by atoms with Crippen LogP contribution in [0.5, 0.6) is 0 Å². The fourth-order valence-electron chi connectivity index (χ4n) is 2.66. The Morgan fingerprint density at radius 2 is 2.05 bits per heavy atom. The Kier molecular flexibility index (Phi) is 4.43. The van der Waals surface area contributed by atoms with E-state index >= 15 is 0 Å². The summed E-state index contributed by atoms with van der Waals surface area (Å²) in [6, 6.07) is 11.4. The number of nitrogens with one attached hydrogen (secondary N) is 1. The smallest absolute Gasteiger partial charge is 0.0535 e. The van der Waals surface area contributed by atoms with Crippen molar-refractivity contribution < 1.29 is 0 Å². The van der Waals surface area contributed by atoms with Crippen LogP contribution in [0.2, 0.25) is 0 Å². The number of rotatable bonds is 3. The van der Waals surface area contributed by atoms with Gasteiger partial charge in [0.25, 0.3) is 0 Å². The third-order valence-corrected chi connectivity index (χ3v) is 4.08. The van der Waals surface area contributed by atoms with Crippen LogP contribution in [0.4, 0.5) is 0 Å². The molecular weight excluding hydrogens is 232 g/mol. The molecule has 1 saturated heterocycles. The van der Waals surface area contributed by atoms with E-state index in [-0.39, 0.29) is 5.54 Å². The summed E-state index contributed by atoms with van der Waals surface area (Å²) in [7, 11) is 0. The lowest BCUT2D eigenvalue weighted by molar-refractivity contribution is 0.106. The lowest BCUT2D eigenvalue weighted by atomic mass is 9.88. The molecule has 1 heterocycles. The third-order valence-electron chi connectivity index (χ3n) is 4.08. The van der Waals surface area contributed by atoms with Gasteiger partial charge in [-0.05, 0) is 33.3 Å². The molecule has 0 spiro atoms. The second kappa shape index (κ2) is 5.89. The van der Waals surface area contributed by atoms with Gasteiger partial charge in [0, 0.05) is 25.7 Å². The molecule has 2 atom stereocenters. The number of piperazine rings is 1. The number of hydrogen-bond donors (Lipinski definition) is 1. The van der Waals surface area contributed by atoms with Gasteiger partial charge in [-0.1, -0.05) is 42.0 Å². The van der Waals surface area contributed by atoms with Crippen LogP contribution in [0.25, 0.3) is 0 Å². The van der Waals surface area contributed by atoms with Gasteiger partial charge in [0.15, 0.2) is 0 Å². The van der Waals surface area contributed by atoms with Crippen molar-refractivity contribution in [1.29, 1.82) is 0 Å². The van der Waals surface area contributed by atoms with E-state index in [1.54, 1.807) is 0 Å². The Hall–Kier alpha value is -1.12.